The van der Waals surface area contributed by atoms with Gasteiger partial charge in [0.25, 0.3) is 5.91 Å². The number of nitrogens with zero attached hydrogens (tertiary/aromatic N) is 5. The van der Waals surface area contributed by atoms with Gasteiger partial charge in [-0.15, -0.1) is 16.4 Å². The molecular weight excluding hydrogens is 463 g/mol. The van der Waals surface area contributed by atoms with Crippen molar-refractivity contribution < 1.29 is 9.18 Å². The number of rotatable bonds is 7. The molecule has 9 heteroatoms. The van der Waals surface area contributed by atoms with Gasteiger partial charge >= 0.3 is 0 Å². The second-order valence-electron chi connectivity index (χ2n) is 8.67. The van der Waals surface area contributed by atoms with E-state index in [0.717, 1.165) is 36.6 Å². The van der Waals surface area contributed by atoms with E-state index < -0.39 is 0 Å². The van der Waals surface area contributed by atoms with Crippen LogP contribution in [0.4, 0.5) is 4.39 Å². The number of thiophene rings is 1. The lowest BCUT2D eigenvalue weighted by atomic mass is 10.1. The average molecular weight is 491 g/mol. The predicted molar refractivity (Wildman–Crippen MR) is 135 cm³/mol. The first-order chi connectivity index (χ1) is 17.1. The molecule has 180 valence electrons. The minimum atomic E-state index is -0.341. The summed E-state index contributed by atoms with van der Waals surface area (Å²) < 4.78 is 15.1. The first kappa shape index (κ1) is 23.3. The van der Waals surface area contributed by atoms with Crippen molar-refractivity contribution >= 4 is 17.2 Å². The lowest BCUT2D eigenvalue weighted by molar-refractivity contribution is 0.0897. The highest BCUT2D eigenvalue weighted by molar-refractivity contribution is 7.13. The number of benzene rings is 2. The summed E-state index contributed by atoms with van der Waals surface area (Å²) in [6.45, 7) is 4.62. The highest BCUT2D eigenvalue weighted by Gasteiger charge is 2.25. The summed E-state index contributed by atoms with van der Waals surface area (Å²) in [5, 5.41) is 9.64. The van der Waals surface area contributed by atoms with Crippen LogP contribution in [0, 0.1) is 5.82 Å². The topological polar surface area (TPSA) is 66.3 Å². The molecule has 1 N–H and O–H groups in total. The molecule has 0 bridgehead atoms. The number of hydrogen-bond acceptors (Lipinski definition) is 6. The fraction of sp³-hybridized carbons (Fsp3) is 0.269. The summed E-state index contributed by atoms with van der Waals surface area (Å²) in [5.74, 6) is -0.0464. The fourth-order valence-corrected chi connectivity index (χ4v) is 4.87. The van der Waals surface area contributed by atoms with Gasteiger partial charge in [0.2, 0.25) is 5.82 Å². The van der Waals surface area contributed by atoms with E-state index in [0.29, 0.717) is 18.1 Å². The fourth-order valence-electron chi connectivity index (χ4n) is 4.17. The number of carbonyl (C=O) groups is 1. The Kier molecular flexibility index (Phi) is 6.98. The standard InChI is InChI=1S/C26H27FN6OS/c1-31-13-15-32(16-14-31)18-22(19-6-3-2-4-7-19)28-26(34)24-29-25(23-8-5-17-35-23)33(30-24)21-11-9-20(27)10-12-21/h2-12,17,22H,13-16,18H2,1H3,(H,28,34). The van der Waals surface area contributed by atoms with Crippen LogP contribution in [0.25, 0.3) is 16.4 Å². The van der Waals surface area contributed by atoms with Crippen LogP contribution < -0.4 is 5.32 Å². The van der Waals surface area contributed by atoms with E-state index in [-0.39, 0.29) is 23.6 Å². The third kappa shape index (κ3) is 5.48. The smallest absolute Gasteiger partial charge is 0.291 e. The molecule has 2 aromatic carbocycles. The molecule has 5 rings (SSSR count). The Labute approximate surface area is 207 Å². The van der Waals surface area contributed by atoms with Crippen LogP contribution >= 0.6 is 11.3 Å². The molecular formula is C26H27FN6OS. The number of likely N-dealkylation sites (N-methyl/N-ethyl adjacent to an activating group) is 1. The largest absolute Gasteiger partial charge is 0.341 e. The number of hydrogen-bond donors (Lipinski definition) is 1. The summed E-state index contributed by atoms with van der Waals surface area (Å²) in [7, 11) is 2.13. The highest BCUT2D eigenvalue weighted by atomic mass is 32.1. The van der Waals surface area contributed by atoms with Gasteiger partial charge in [0.15, 0.2) is 5.82 Å². The van der Waals surface area contributed by atoms with Gasteiger partial charge in [-0.2, -0.15) is 0 Å². The zero-order chi connectivity index (χ0) is 24.2. The molecule has 1 amide bonds. The molecule has 0 radical (unpaired) electrons. The van der Waals surface area contributed by atoms with Crippen LogP contribution in [0.3, 0.4) is 0 Å². The van der Waals surface area contributed by atoms with Crippen molar-refractivity contribution in [2.24, 2.45) is 0 Å². The van der Waals surface area contributed by atoms with E-state index >= 15 is 0 Å². The second kappa shape index (κ2) is 10.5. The van der Waals surface area contributed by atoms with E-state index in [1.165, 1.54) is 23.5 Å². The summed E-state index contributed by atoms with van der Waals surface area (Å²) in [6, 6.07) is 19.6. The molecule has 1 unspecified atom stereocenters. The Morgan fingerprint density at radius 3 is 2.46 bits per heavy atom. The minimum absolute atomic E-state index is 0.0806. The predicted octanol–water partition coefficient (Wildman–Crippen LogP) is 3.85. The van der Waals surface area contributed by atoms with Gasteiger partial charge < -0.3 is 10.2 Å². The van der Waals surface area contributed by atoms with Crippen molar-refractivity contribution in [3.05, 3.63) is 89.3 Å². The molecule has 4 aromatic rings. The molecule has 1 aliphatic rings. The Balaban J connectivity index is 1.42. The van der Waals surface area contributed by atoms with Crippen LogP contribution in [-0.2, 0) is 0 Å². The van der Waals surface area contributed by atoms with E-state index in [1.54, 1.807) is 16.8 Å². The van der Waals surface area contributed by atoms with Crippen LogP contribution in [0.5, 0.6) is 0 Å². The van der Waals surface area contributed by atoms with Crippen molar-refractivity contribution in [3.63, 3.8) is 0 Å². The quantitative estimate of drug-likeness (QED) is 0.426. The van der Waals surface area contributed by atoms with Crippen molar-refractivity contribution in [2.75, 3.05) is 39.8 Å². The van der Waals surface area contributed by atoms with Crippen molar-refractivity contribution in [3.8, 4) is 16.4 Å². The summed E-state index contributed by atoms with van der Waals surface area (Å²) >= 11 is 1.51. The molecule has 0 aliphatic carbocycles. The molecule has 1 atom stereocenters. The van der Waals surface area contributed by atoms with Crippen molar-refractivity contribution in [1.82, 2.24) is 29.9 Å². The van der Waals surface area contributed by atoms with Crippen LogP contribution in [0.1, 0.15) is 22.2 Å². The summed E-state index contributed by atoms with van der Waals surface area (Å²) in [4.78, 5) is 23.6. The number of aromatic nitrogens is 3. The van der Waals surface area contributed by atoms with Gasteiger partial charge in [0.05, 0.1) is 16.6 Å². The lowest BCUT2D eigenvalue weighted by Gasteiger charge is -2.34. The maximum absolute atomic E-state index is 13.5. The van der Waals surface area contributed by atoms with Crippen molar-refractivity contribution in [2.45, 2.75) is 6.04 Å². The molecule has 0 saturated carbocycles. The lowest BCUT2D eigenvalue weighted by Crippen LogP contribution is -2.48. The number of carbonyl (C=O) groups excluding carboxylic acids is 1. The molecule has 1 aliphatic heterocycles. The van der Waals surface area contributed by atoms with Crippen molar-refractivity contribution in [1.29, 1.82) is 0 Å². The first-order valence-electron chi connectivity index (χ1n) is 11.6. The zero-order valence-electron chi connectivity index (χ0n) is 19.5. The third-order valence-corrected chi connectivity index (χ3v) is 7.03. The normalized spacial score (nSPS) is 15.7. The molecule has 3 heterocycles. The summed E-state index contributed by atoms with van der Waals surface area (Å²) in [6.07, 6.45) is 0. The van der Waals surface area contributed by atoms with E-state index in [1.807, 2.05) is 47.8 Å². The summed E-state index contributed by atoms with van der Waals surface area (Å²) in [5.41, 5.74) is 1.68. The molecule has 35 heavy (non-hydrogen) atoms. The van der Waals surface area contributed by atoms with E-state index in [4.69, 9.17) is 0 Å². The Morgan fingerprint density at radius 2 is 1.77 bits per heavy atom. The number of nitrogens with one attached hydrogen (secondary N) is 1. The maximum Gasteiger partial charge on any atom is 0.291 e. The monoisotopic (exact) mass is 490 g/mol. The average Bonchev–Trinajstić information content (AvgIpc) is 3.56. The third-order valence-electron chi connectivity index (χ3n) is 6.17. The number of piperazine rings is 1. The Hall–Kier alpha value is -3.40. The second-order valence-corrected chi connectivity index (χ2v) is 9.61. The highest BCUT2D eigenvalue weighted by Crippen LogP contribution is 2.26. The van der Waals surface area contributed by atoms with E-state index in [9.17, 15) is 9.18 Å². The Morgan fingerprint density at radius 1 is 1.03 bits per heavy atom. The van der Waals surface area contributed by atoms with Gasteiger partial charge in [-0.3, -0.25) is 9.69 Å². The molecule has 1 saturated heterocycles. The van der Waals surface area contributed by atoms with Gasteiger partial charge in [0.1, 0.15) is 5.82 Å². The molecule has 1 fully saturated rings. The zero-order valence-corrected chi connectivity index (χ0v) is 20.3. The minimum Gasteiger partial charge on any atom is -0.341 e. The van der Waals surface area contributed by atoms with E-state index in [2.05, 4.69) is 32.2 Å². The van der Waals surface area contributed by atoms with Gasteiger partial charge in [-0.25, -0.2) is 14.1 Å². The maximum atomic E-state index is 13.5. The molecule has 7 nitrogen and oxygen atoms in total. The molecule has 0 spiro atoms. The Bertz CT molecular complexity index is 1250. The van der Waals surface area contributed by atoms with Crippen LogP contribution in [0.2, 0.25) is 0 Å². The van der Waals surface area contributed by atoms with Gasteiger partial charge in [0, 0.05) is 32.7 Å². The van der Waals surface area contributed by atoms with Gasteiger partial charge in [-0.1, -0.05) is 36.4 Å². The van der Waals surface area contributed by atoms with Crippen LogP contribution in [-0.4, -0.2) is 70.2 Å². The van der Waals surface area contributed by atoms with Crippen LogP contribution in [0.15, 0.2) is 72.1 Å². The number of halogens is 1. The first-order valence-corrected chi connectivity index (χ1v) is 12.5. The number of amides is 1. The SMILES string of the molecule is CN1CCN(CC(NC(=O)c2nc(-c3cccs3)n(-c3ccc(F)cc3)n2)c2ccccc2)CC1. The molecule has 2 aromatic heterocycles. The van der Waals surface area contributed by atoms with Gasteiger partial charge in [-0.05, 0) is 48.3 Å².